The Kier molecular flexibility index (Phi) is 3.67. The molecule has 10 heteroatoms. The molecule has 9 nitrogen and oxygen atoms in total. The average molecular weight is 385 g/mol. The monoisotopic (exact) mass is 384 g/mol. The van der Waals surface area contributed by atoms with Crippen molar-refractivity contribution in [3.8, 4) is 5.69 Å². The molecule has 0 unspecified atom stereocenters. The molecule has 0 amide bonds. The lowest BCUT2D eigenvalue weighted by atomic mass is 10.1. The zero-order valence-electron chi connectivity index (χ0n) is 13.4. The van der Waals surface area contributed by atoms with Crippen molar-refractivity contribution in [3.63, 3.8) is 0 Å². The van der Waals surface area contributed by atoms with Gasteiger partial charge in [-0.3, -0.25) is 29.6 Å². The van der Waals surface area contributed by atoms with E-state index in [4.69, 9.17) is 11.6 Å². The number of nitrogens with zero attached hydrogens (tertiary/aromatic N) is 2. The van der Waals surface area contributed by atoms with Gasteiger partial charge in [0.05, 0.1) is 16.1 Å². The number of fused-ring (bicyclic) bond motifs is 2. The molecule has 0 fully saturated rings. The predicted molar refractivity (Wildman–Crippen MR) is 100.0 cm³/mol. The molecule has 0 radical (unpaired) electrons. The maximum atomic E-state index is 12.8. The van der Waals surface area contributed by atoms with E-state index in [0.29, 0.717) is 10.5 Å². The molecule has 2 heterocycles. The van der Waals surface area contributed by atoms with Crippen LogP contribution in [0.4, 0.5) is 5.69 Å². The van der Waals surface area contributed by atoms with Crippen molar-refractivity contribution in [2.24, 2.45) is 0 Å². The molecule has 0 spiro atoms. The van der Waals surface area contributed by atoms with E-state index in [9.17, 15) is 24.5 Å². The Hall–Kier alpha value is -3.72. The highest BCUT2D eigenvalue weighted by molar-refractivity contribution is 6.31. The number of hydrogen-bond donors (Lipinski definition) is 2. The molecular formula is C17H9ClN4O5. The Morgan fingerprint density at radius 1 is 1.04 bits per heavy atom. The van der Waals surface area contributed by atoms with Crippen LogP contribution in [-0.4, -0.2) is 19.7 Å². The Morgan fingerprint density at radius 2 is 1.74 bits per heavy atom. The lowest BCUT2D eigenvalue weighted by Crippen LogP contribution is -2.32. The summed E-state index contributed by atoms with van der Waals surface area (Å²) in [7, 11) is 0. The minimum absolute atomic E-state index is 0.169. The van der Waals surface area contributed by atoms with Crippen LogP contribution in [0.5, 0.6) is 0 Å². The first-order valence-electron chi connectivity index (χ1n) is 7.62. The molecule has 0 aliphatic rings. The number of halogens is 1. The number of aromatic nitrogens is 3. The highest BCUT2D eigenvalue weighted by Crippen LogP contribution is 2.17. The number of aromatic amines is 2. The molecule has 0 aliphatic carbocycles. The number of nitro benzene ring substituents is 1. The first-order chi connectivity index (χ1) is 12.9. The summed E-state index contributed by atoms with van der Waals surface area (Å²) in [5.74, 6) is 0. The number of benzene rings is 2. The van der Waals surface area contributed by atoms with Crippen LogP contribution in [0.2, 0.25) is 5.02 Å². The second-order valence-electron chi connectivity index (χ2n) is 5.75. The molecule has 2 N–H and O–H groups in total. The number of pyridine rings is 1. The van der Waals surface area contributed by atoms with Crippen LogP contribution in [-0.2, 0) is 0 Å². The first-order valence-corrected chi connectivity index (χ1v) is 8.00. The molecule has 2 aromatic heterocycles. The fourth-order valence-corrected chi connectivity index (χ4v) is 3.03. The van der Waals surface area contributed by atoms with Crippen LogP contribution in [0.3, 0.4) is 0 Å². The predicted octanol–water partition coefficient (Wildman–Crippen LogP) is 2.08. The SMILES string of the molecule is O=c1[nH]n(-c2ccc([N+](=O)[O-])cc2)c(=O)c2c(=O)c3ccc(Cl)cc3[nH]c12. The fourth-order valence-electron chi connectivity index (χ4n) is 2.86. The van der Waals surface area contributed by atoms with E-state index in [2.05, 4.69) is 10.1 Å². The minimum atomic E-state index is -0.753. The summed E-state index contributed by atoms with van der Waals surface area (Å²) < 4.78 is 0.880. The second-order valence-corrected chi connectivity index (χ2v) is 6.19. The summed E-state index contributed by atoms with van der Waals surface area (Å²) in [6.45, 7) is 0. The summed E-state index contributed by atoms with van der Waals surface area (Å²) in [6.07, 6.45) is 0. The smallest absolute Gasteiger partial charge is 0.287 e. The zero-order chi connectivity index (χ0) is 19.3. The van der Waals surface area contributed by atoms with Crippen molar-refractivity contribution < 1.29 is 4.92 Å². The van der Waals surface area contributed by atoms with E-state index in [1.165, 1.54) is 42.5 Å². The lowest BCUT2D eigenvalue weighted by molar-refractivity contribution is -0.384. The molecular weight excluding hydrogens is 376 g/mol. The van der Waals surface area contributed by atoms with Crippen molar-refractivity contribution in [1.29, 1.82) is 0 Å². The number of H-pyrrole nitrogens is 2. The number of non-ortho nitro benzene ring substituents is 1. The minimum Gasteiger partial charge on any atom is -0.350 e. The van der Waals surface area contributed by atoms with Gasteiger partial charge >= 0.3 is 0 Å². The lowest BCUT2D eigenvalue weighted by Gasteiger charge is -2.08. The molecule has 0 aliphatic heterocycles. The van der Waals surface area contributed by atoms with E-state index >= 15 is 0 Å². The van der Waals surface area contributed by atoms with Crippen LogP contribution in [0.25, 0.3) is 27.5 Å². The number of hydrogen-bond acceptors (Lipinski definition) is 5. The van der Waals surface area contributed by atoms with Gasteiger partial charge in [0.1, 0.15) is 10.9 Å². The van der Waals surface area contributed by atoms with Crippen molar-refractivity contribution in [1.82, 2.24) is 14.8 Å². The van der Waals surface area contributed by atoms with E-state index in [1.807, 2.05) is 0 Å². The van der Waals surface area contributed by atoms with Gasteiger partial charge in [-0.25, -0.2) is 4.68 Å². The van der Waals surface area contributed by atoms with Gasteiger partial charge in [-0.1, -0.05) is 11.6 Å². The molecule has 27 heavy (non-hydrogen) atoms. The van der Waals surface area contributed by atoms with Crippen molar-refractivity contribution in [2.45, 2.75) is 0 Å². The Labute approximate surface area is 153 Å². The third kappa shape index (κ3) is 2.61. The van der Waals surface area contributed by atoms with Gasteiger partial charge in [0.15, 0.2) is 0 Å². The van der Waals surface area contributed by atoms with Crippen LogP contribution >= 0.6 is 11.6 Å². The van der Waals surface area contributed by atoms with Gasteiger partial charge in [-0.2, -0.15) is 0 Å². The topological polar surface area (TPSA) is 131 Å². The average Bonchev–Trinajstić information content (AvgIpc) is 2.64. The number of nitro groups is 1. The molecule has 4 rings (SSSR count). The molecule has 4 aromatic rings. The van der Waals surface area contributed by atoms with Crippen LogP contribution in [0.1, 0.15) is 0 Å². The van der Waals surface area contributed by atoms with Crippen molar-refractivity contribution in [3.05, 3.63) is 88.5 Å². The molecule has 0 saturated heterocycles. The van der Waals surface area contributed by atoms with Gasteiger partial charge in [-0.05, 0) is 30.3 Å². The molecule has 0 bridgehead atoms. The third-order valence-corrected chi connectivity index (χ3v) is 4.37. The van der Waals surface area contributed by atoms with Gasteiger partial charge < -0.3 is 4.98 Å². The van der Waals surface area contributed by atoms with Crippen molar-refractivity contribution >= 4 is 39.1 Å². The van der Waals surface area contributed by atoms with Crippen LogP contribution < -0.4 is 16.5 Å². The maximum absolute atomic E-state index is 12.8. The molecule has 134 valence electrons. The highest BCUT2D eigenvalue weighted by atomic mass is 35.5. The van der Waals surface area contributed by atoms with Crippen LogP contribution in [0, 0.1) is 10.1 Å². The van der Waals surface area contributed by atoms with Gasteiger partial charge in [-0.15, -0.1) is 0 Å². The zero-order valence-corrected chi connectivity index (χ0v) is 14.1. The second kappa shape index (κ2) is 5.92. The summed E-state index contributed by atoms with van der Waals surface area (Å²) in [5.41, 5.74) is -1.88. The van der Waals surface area contributed by atoms with Crippen LogP contribution in [0.15, 0.2) is 56.8 Å². The quantitative estimate of drug-likeness (QED) is 0.310. The summed E-state index contributed by atoms with van der Waals surface area (Å²) in [4.78, 5) is 51.0. The Bertz CT molecular complexity index is 1420. The molecule has 0 atom stereocenters. The highest BCUT2D eigenvalue weighted by Gasteiger charge is 2.16. The standard InChI is InChI=1S/C17H9ClN4O5/c18-8-1-6-11-12(7-8)19-14-13(15(11)23)17(25)21(20-16(14)24)9-2-4-10(5-3-9)22(26)27/h1-7H,(H,19,23)(H,20,24). The summed E-state index contributed by atoms with van der Waals surface area (Å²) in [5, 5.41) is 13.4. The number of rotatable bonds is 2. The van der Waals surface area contributed by atoms with E-state index in [-0.39, 0.29) is 27.7 Å². The van der Waals surface area contributed by atoms with E-state index in [0.717, 1.165) is 4.68 Å². The normalized spacial score (nSPS) is 11.1. The van der Waals surface area contributed by atoms with Gasteiger partial charge in [0, 0.05) is 22.5 Å². The van der Waals surface area contributed by atoms with E-state index in [1.54, 1.807) is 0 Å². The Balaban J connectivity index is 2.07. The Morgan fingerprint density at radius 3 is 2.41 bits per heavy atom. The first kappa shape index (κ1) is 16.7. The molecule has 2 aromatic carbocycles. The van der Waals surface area contributed by atoms with Gasteiger partial charge in [0.25, 0.3) is 16.8 Å². The fraction of sp³-hybridized carbons (Fsp3) is 0. The largest absolute Gasteiger partial charge is 0.350 e. The maximum Gasteiger partial charge on any atom is 0.287 e. The van der Waals surface area contributed by atoms with Crippen molar-refractivity contribution in [2.75, 3.05) is 0 Å². The van der Waals surface area contributed by atoms with Gasteiger partial charge in [0.2, 0.25) is 5.43 Å². The molecule has 0 saturated carbocycles. The number of nitrogens with one attached hydrogen (secondary N) is 2. The third-order valence-electron chi connectivity index (χ3n) is 4.14. The summed E-state index contributed by atoms with van der Waals surface area (Å²) >= 11 is 5.91. The summed E-state index contributed by atoms with van der Waals surface area (Å²) in [6, 6.07) is 9.44. The van der Waals surface area contributed by atoms with E-state index < -0.39 is 21.5 Å².